The summed E-state index contributed by atoms with van der Waals surface area (Å²) in [4.78, 5) is 0. The fraction of sp³-hybridized carbons (Fsp3) is 0.222. The summed E-state index contributed by atoms with van der Waals surface area (Å²) in [6.07, 6.45) is 5.35. The molecule has 0 bridgehead atoms. The van der Waals surface area contributed by atoms with Gasteiger partial charge in [0.15, 0.2) is 0 Å². The van der Waals surface area contributed by atoms with Crippen LogP contribution in [0.15, 0.2) is 66.7 Å². The van der Waals surface area contributed by atoms with E-state index in [0.29, 0.717) is 0 Å². The van der Waals surface area contributed by atoms with Crippen molar-refractivity contribution in [2.45, 2.75) is 20.3 Å². The van der Waals surface area contributed by atoms with Crippen LogP contribution < -0.4 is 5.73 Å². The van der Waals surface area contributed by atoms with Crippen LogP contribution in [-0.2, 0) is 6.42 Å². The van der Waals surface area contributed by atoms with E-state index in [4.69, 9.17) is 0 Å². The van der Waals surface area contributed by atoms with Crippen molar-refractivity contribution in [2.75, 3.05) is 7.05 Å². The number of hydrogen-bond donors (Lipinski definition) is 1. The SMILES string of the molecule is C(=C\c1ccccc1)/Cc1ccccc1.CC.CN. The van der Waals surface area contributed by atoms with Crippen LogP contribution in [0.1, 0.15) is 25.0 Å². The largest absolute Gasteiger partial charge is 0.333 e. The molecule has 0 unspecified atom stereocenters. The van der Waals surface area contributed by atoms with Gasteiger partial charge in [-0.25, -0.2) is 0 Å². The molecule has 0 saturated heterocycles. The molecule has 2 aromatic carbocycles. The Morgan fingerprint density at radius 3 is 1.79 bits per heavy atom. The van der Waals surface area contributed by atoms with Crippen LogP contribution >= 0.6 is 0 Å². The molecule has 2 N–H and O–H groups in total. The van der Waals surface area contributed by atoms with Gasteiger partial charge in [0.1, 0.15) is 0 Å². The van der Waals surface area contributed by atoms with Crippen molar-refractivity contribution in [1.82, 2.24) is 0 Å². The fourth-order valence-corrected chi connectivity index (χ4v) is 1.51. The predicted molar refractivity (Wildman–Crippen MR) is 87.1 cm³/mol. The molecule has 0 radical (unpaired) electrons. The van der Waals surface area contributed by atoms with E-state index in [-0.39, 0.29) is 0 Å². The summed E-state index contributed by atoms with van der Waals surface area (Å²) < 4.78 is 0. The fourth-order valence-electron chi connectivity index (χ4n) is 1.51. The molecule has 2 rings (SSSR count). The Morgan fingerprint density at radius 2 is 1.26 bits per heavy atom. The predicted octanol–water partition coefficient (Wildman–Crippen LogP) is 4.54. The molecule has 2 aromatic rings. The minimum absolute atomic E-state index is 0.996. The zero-order valence-corrected chi connectivity index (χ0v) is 12.2. The van der Waals surface area contributed by atoms with Crippen LogP contribution in [0.25, 0.3) is 6.08 Å². The van der Waals surface area contributed by atoms with Crippen LogP contribution in [0.5, 0.6) is 0 Å². The molecular formula is C18H25N. The molecule has 0 spiro atoms. The number of nitrogens with two attached hydrogens (primary N) is 1. The summed E-state index contributed by atoms with van der Waals surface area (Å²) in [6, 6.07) is 20.9. The highest BCUT2D eigenvalue weighted by molar-refractivity contribution is 5.49. The maximum Gasteiger partial charge on any atom is -0.00941 e. The smallest absolute Gasteiger partial charge is 0.00941 e. The Kier molecular flexibility index (Phi) is 11.4. The highest BCUT2D eigenvalue weighted by Gasteiger charge is 1.86. The second-order valence-corrected chi connectivity index (χ2v) is 3.50. The van der Waals surface area contributed by atoms with Gasteiger partial charge in [-0.05, 0) is 24.6 Å². The van der Waals surface area contributed by atoms with E-state index >= 15 is 0 Å². The number of rotatable bonds is 3. The average molecular weight is 255 g/mol. The van der Waals surface area contributed by atoms with Crippen molar-refractivity contribution < 1.29 is 0 Å². The monoisotopic (exact) mass is 255 g/mol. The van der Waals surface area contributed by atoms with Crippen molar-refractivity contribution in [3.05, 3.63) is 77.9 Å². The van der Waals surface area contributed by atoms with Crippen molar-refractivity contribution in [2.24, 2.45) is 5.73 Å². The van der Waals surface area contributed by atoms with E-state index in [0.717, 1.165) is 6.42 Å². The van der Waals surface area contributed by atoms with Gasteiger partial charge in [0, 0.05) is 0 Å². The van der Waals surface area contributed by atoms with Gasteiger partial charge >= 0.3 is 0 Å². The first-order chi connectivity index (χ1) is 9.45. The summed E-state index contributed by atoms with van der Waals surface area (Å²) in [5.41, 5.74) is 7.11. The molecule has 0 aliphatic carbocycles. The Morgan fingerprint density at radius 1 is 0.789 bits per heavy atom. The second kappa shape index (κ2) is 12.6. The molecule has 102 valence electrons. The minimum Gasteiger partial charge on any atom is -0.333 e. The first-order valence-corrected chi connectivity index (χ1v) is 6.78. The molecule has 0 saturated carbocycles. The zero-order chi connectivity index (χ0) is 14.3. The normalized spacial score (nSPS) is 9.05. The van der Waals surface area contributed by atoms with E-state index in [2.05, 4.69) is 66.4 Å². The summed E-state index contributed by atoms with van der Waals surface area (Å²) in [7, 11) is 1.50. The zero-order valence-electron chi connectivity index (χ0n) is 12.2. The van der Waals surface area contributed by atoms with Crippen molar-refractivity contribution in [1.29, 1.82) is 0 Å². The van der Waals surface area contributed by atoms with Crippen LogP contribution in [0.3, 0.4) is 0 Å². The van der Waals surface area contributed by atoms with Gasteiger partial charge < -0.3 is 5.73 Å². The quantitative estimate of drug-likeness (QED) is 0.856. The molecule has 0 fully saturated rings. The first kappa shape index (κ1) is 17.1. The van der Waals surface area contributed by atoms with Gasteiger partial charge in [0.25, 0.3) is 0 Å². The van der Waals surface area contributed by atoms with E-state index in [1.165, 1.54) is 18.2 Å². The number of hydrogen-bond acceptors (Lipinski definition) is 1. The van der Waals surface area contributed by atoms with Gasteiger partial charge in [0.2, 0.25) is 0 Å². The molecule has 0 amide bonds. The molecule has 19 heavy (non-hydrogen) atoms. The van der Waals surface area contributed by atoms with E-state index in [1.807, 2.05) is 26.0 Å². The van der Waals surface area contributed by atoms with Gasteiger partial charge in [-0.2, -0.15) is 0 Å². The van der Waals surface area contributed by atoms with Crippen LogP contribution in [0.2, 0.25) is 0 Å². The third-order valence-corrected chi connectivity index (χ3v) is 2.31. The molecule has 1 heteroatoms. The van der Waals surface area contributed by atoms with Crippen molar-refractivity contribution in [3.63, 3.8) is 0 Å². The lowest BCUT2D eigenvalue weighted by Gasteiger charge is -1.94. The topological polar surface area (TPSA) is 26.0 Å². The summed E-state index contributed by atoms with van der Waals surface area (Å²) >= 11 is 0. The Bertz CT molecular complexity index is 418. The third-order valence-electron chi connectivity index (χ3n) is 2.31. The number of allylic oxidation sites excluding steroid dienone is 1. The van der Waals surface area contributed by atoms with Gasteiger partial charge in [-0.1, -0.05) is 86.7 Å². The second-order valence-electron chi connectivity index (χ2n) is 3.50. The lowest BCUT2D eigenvalue weighted by Crippen LogP contribution is -1.78. The van der Waals surface area contributed by atoms with Crippen LogP contribution in [-0.4, -0.2) is 7.05 Å². The maximum absolute atomic E-state index is 4.50. The minimum atomic E-state index is 0.996. The van der Waals surface area contributed by atoms with Gasteiger partial charge in [0.05, 0.1) is 0 Å². The first-order valence-electron chi connectivity index (χ1n) is 6.78. The average Bonchev–Trinajstić information content (AvgIpc) is 2.53. The van der Waals surface area contributed by atoms with E-state index < -0.39 is 0 Å². The molecular weight excluding hydrogens is 230 g/mol. The van der Waals surface area contributed by atoms with Gasteiger partial charge in [-0.3, -0.25) is 0 Å². The van der Waals surface area contributed by atoms with Gasteiger partial charge in [-0.15, -0.1) is 0 Å². The van der Waals surface area contributed by atoms with E-state index in [1.54, 1.807) is 0 Å². The molecule has 1 nitrogen and oxygen atoms in total. The highest BCUT2D eigenvalue weighted by Crippen LogP contribution is 2.04. The third kappa shape index (κ3) is 7.96. The highest BCUT2D eigenvalue weighted by atomic mass is 14.4. The molecule has 0 aliphatic heterocycles. The molecule has 0 heterocycles. The van der Waals surface area contributed by atoms with Crippen molar-refractivity contribution in [3.8, 4) is 0 Å². The standard InChI is InChI=1S/C15H14.C2H6.CH5N/c1-3-8-14(9-4-1)12-7-13-15-10-5-2-6-11-15;2*1-2/h1-12H,13H2;1-2H3;2H2,1H3/b12-7+;;. The maximum atomic E-state index is 4.50. The lowest BCUT2D eigenvalue weighted by atomic mass is 10.1. The van der Waals surface area contributed by atoms with Crippen LogP contribution in [0.4, 0.5) is 0 Å². The van der Waals surface area contributed by atoms with E-state index in [9.17, 15) is 0 Å². The summed E-state index contributed by atoms with van der Waals surface area (Å²) in [5.74, 6) is 0. The Labute approximate surface area is 117 Å². The Balaban J connectivity index is 0.000000741. The molecule has 0 aliphatic rings. The summed E-state index contributed by atoms with van der Waals surface area (Å²) in [5, 5.41) is 0. The van der Waals surface area contributed by atoms with Crippen LogP contribution in [0, 0.1) is 0 Å². The lowest BCUT2D eigenvalue weighted by molar-refractivity contribution is 1.28. The molecule has 0 aromatic heterocycles. The molecule has 0 atom stereocenters. The number of benzene rings is 2. The summed E-state index contributed by atoms with van der Waals surface area (Å²) in [6.45, 7) is 4.00. The van der Waals surface area contributed by atoms with Crippen molar-refractivity contribution >= 4 is 6.08 Å². The Hall–Kier alpha value is -1.86.